The van der Waals surface area contributed by atoms with Gasteiger partial charge in [-0.15, -0.1) is 0 Å². The summed E-state index contributed by atoms with van der Waals surface area (Å²) in [5, 5.41) is 2.93. The molecule has 1 unspecified atom stereocenters. The topological polar surface area (TPSA) is 51.2 Å². The number of aromatic nitrogens is 1. The maximum absolute atomic E-state index is 12.4. The zero-order chi connectivity index (χ0) is 16.2. The lowest BCUT2D eigenvalue weighted by Gasteiger charge is -2.12. The van der Waals surface area contributed by atoms with Crippen LogP contribution in [0.3, 0.4) is 0 Å². The van der Waals surface area contributed by atoms with Crippen molar-refractivity contribution in [3.8, 4) is 5.88 Å². The van der Waals surface area contributed by atoms with Crippen LogP contribution in [0.15, 0.2) is 36.5 Å². The Bertz CT molecular complexity index is 692. The van der Waals surface area contributed by atoms with E-state index in [2.05, 4.69) is 16.4 Å². The molecule has 0 bridgehead atoms. The van der Waals surface area contributed by atoms with Crippen LogP contribution in [0, 0.1) is 13.8 Å². The number of amides is 1. The van der Waals surface area contributed by atoms with Gasteiger partial charge in [-0.3, -0.25) is 4.79 Å². The zero-order valence-electron chi connectivity index (χ0n) is 13.3. The smallest absolute Gasteiger partial charge is 0.255 e. The molecule has 2 aromatic rings. The molecule has 3 rings (SSSR count). The number of thioether (sulfide) groups is 1. The Morgan fingerprint density at radius 1 is 1.26 bits per heavy atom. The summed E-state index contributed by atoms with van der Waals surface area (Å²) in [6.45, 7) is 4.03. The van der Waals surface area contributed by atoms with Gasteiger partial charge in [0.25, 0.3) is 5.91 Å². The first-order chi connectivity index (χ1) is 11.1. The number of hydrogen-bond donors (Lipinski definition) is 1. The van der Waals surface area contributed by atoms with Gasteiger partial charge in [0.05, 0.1) is 0 Å². The van der Waals surface area contributed by atoms with E-state index in [1.54, 1.807) is 18.3 Å². The Labute approximate surface area is 140 Å². The monoisotopic (exact) mass is 328 g/mol. The normalized spacial score (nSPS) is 17.0. The molecule has 1 saturated heterocycles. The number of carbonyl (C=O) groups excluding carboxylic acids is 1. The predicted octanol–water partition coefficient (Wildman–Crippen LogP) is 3.84. The number of carbonyl (C=O) groups is 1. The van der Waals surface area contributed by atoms with Gasteiger partial charge in [-0.25, -0.2) is 4.98 Å². The molecule has 1 aromatic heterocycles. The Morgan fingerprint density at radius 3 is 2.74 bits per heavy atom. The minimum atomic E-state index is -0.150. The van der Waals surface area contributed by atoms with Crippen LogP contribution in [-0.2, 0) is 0 Å². The van der Waals surface area contributed by atoms with Gasteiger partial charge >= 0.3 is 0 Å². The van der Waals surface area contributed by atoms with E-state index in [0.717, 1.165) is 34.7 Å². The summed E-state index contributed by atoms with van der Waals surface area (Å²) in [4.78, 5) is 16.6. The lowest BCUT2D eigenvalue weighted by atomic mass is 10.1. The minimum absolute atomic E-state index is 0.150. The second-order valence-electron chi connectivity index (χ2n) is 5.82. The summed E-state index contributed by atoms with van der Waals surface area (Å²) in [6, 6.07) is 9.40. The highest BCUT2D eigenvalue weighted by Gasteiger charge is 2.18. The minimum Gasteiger partial charge on any atom is -0.473 e. The van der Waals surface area contributed by atoms with E-state index in [1.165, 1.54) is 0 Å². The zero-order valence-corrected chi connectivity index (χ0v) is 14.2. The molecule has 1 aliphatic rings. The first-order valence-corrected chi connectivity index (χ1v) is 8.86. The molecular weight excluding hydrogens is 308 g/mol. The number of anilines is 1. The van der Waals surface area contributed by atoms with Crippen molar-refractivity contribution in [2.24, 2.45) is 0 Å². The van der Waals surface area contributed by atoms with E-state index in [0.29, 0.717) is 11.4 Å². The second-order valence-corrected chi connectivity index (χ2v) is 6.97. The number of rotatable bonds is 4. The summed E-state index contributed by atoms with van der Waals surface area (Å²) < 4.78 is 5.84. The molecule has 1 aliphatic heterocycles. The van der Waals surface area contributed by atoms with Crippen molar-refractivity contribution in [3.05, 3.63) is 53.2 Å². The lowest BCUT2D eigenvalue weighted by molar-refractivity contribution is 0.102. The van der Waals surface area contributed by atoms with Crippen LogP contribution in [0.2, 0.25) is 0 Å². The molecule has 1 N–H and O–H groups in total. The standard InChI is InChI=1S/C18H20N2O2S/c1-12-7-13(2)9-15(8-12)20-18(21)14-3-5-19-17(10-14)22-16-4-6-23-11-16/h3,5,7-10,16H,4,6,11H2,1-2H3,(H,20,21). The second kappa shape index (κ2) is 7.04. The van der Waals surface area contributed by atoms with Crippen LogP contribution in [0.25, 0.3) is 0 Å². The van der Waals surface area contributed by atoms with Crippen molar-refractivity contribution < 1.29 is 9.53 Å². The van der Waals surface area contributed by atoms with Gasteiger partial charge in [0.15, 0.2) is 0 Å². The van der Waals surface area contributed by atoms with E-state index >= 15 is 0 Å². The van der Waals surface area contributed by atoms with Gasteiger partial charge in [0.2, 0.25) is 5.88 Å². The summed E-state index contributed by atoms with van der Waals surface area (Å²) in [5.74, 6) is 2.48. The fourth-order valence-electron chi connectivity index (χ4n) is 2.64. The molecule has 120 valence electrons. The summed E-state index contributed by atoms with van der Waals surface area (Å²) >= 11 is 1.88. The molecular formula is C18H20N2O2S. The van der Waals surface area contributed by atoms with Crippen LogP contribution in [0.4, 0.5) is 5.69 Å². The maximum atomic E-state index is 12.4. The number of aryl methyl sites for hydroxylation is 2. The summed E-state index contributed by atoms with van der Waals surface area (Å²) in [7, 11) is 0. The van der Waals surface area contributed by atoms with Gasteiger partial charge in [-0.1, -0.05) is 6.07 Å². The van der Waals surface area contributed by atoms with Gasteiger partial charge in [0.1, 0.15) is 6.10 Å². The van der Waals surface area contributed by atoms with Crippen molar-refractivity contribution in [3.63, 3.8) is 0 Å². The molecule has 0 spiro atoms. The largest absolute Gasteiger partial charge is 0.473 e. The molecule has 0 radical (unpaired) electrons. The van der Waals surface area contributed by atoms with E-state index in [4.69, 9.17) is 4.74 Å². The van der Waals surface area contributed by atoms with Crippen molar-refractivity contribution >= 4 is 23.4 Å². The Morgan fingerprint density at radius 2 is 2.04 bits per heavy atom. The fourth-order valence-corrected chi connectivity index (χ4v) is 3.74. The molecule has 1 fully saturated rings. The third-order valence-electron chi connectivity index (χ3n) is 3.65. The van der Waals surface area contributed by atoms with Gasteiger partial charge in [0, 0.05) is 29.3 Å². The van der Waals surface area contributed by atoms with Crippen molar-refractivity contribution in [1.29, 1.82) is 0 Å². The molecule has 0 aliphatic carbocycles. The maximum Gasteiger partial charge on any atom is 0.255 e. The number of nitrogens with zero attached hydrogens (tertiary/aromatic N) is 1. The third kappa shape index (κ3) is 4.26. The molecule has 5 heteroatoms. The van der Waals surface area contributed by atoms with Crippen LogP contribution in [0.5, 0.6) is 5.88 Å². The van der Waals surface area contributed by atoms with Gasteiger partial charge in [-0.05, 0) is 55.3 Å². The summed E-state index contributed by atoms with van der Waals surface area (Å²) in [5.41, 5.74) is 3.61. The van der Waals surface area contributed by atoms with Crippen LogP contribution in [0.1, 0.15) is 27.9 Å². The van der Waals surface area contributed by atoms with E-state index < -0.39 is 0 Å². The first kappa shape index (κ1) is 15.9. The average Bonchev–Trinajstić information content (AvgIpc) is 2.99. The van der Waals surface area contributed by atoms with Gasteiger partial charge < -0.3 is 10.1 Å². The quantitative estimate of drug-likeness (QED) is 0.926. The first-order valence-electron chi connectivity index (χ1n) is 7.70. The molecule has 1 aromatic carbocycles. The molecule has 1 atom stereocenters. The van der Waals surface area contributed by atoms with Crippen LogP contribution < -0.4 is 10.1 Å². The fraction of sp³-hybridized carbons (Fsp3) is 0.333. The van der Waals surface area contributed by atoms with Crippen molar-refractivity contribution in [1.82, 2.24) is 4.98 Å². The number of nitrogens with one attached hydrogen (secondary N) is 1. The lowest BCUT2D eigenvalue weighted by Crippen LogP contribution is -2.17. The van der Waals surface area contributed by atoms with Crippen LogP contribution in [-0.4, -0.2) is 28.5 Å². The van der Waals surface area contributed by atoms with Gasteiger partial charge in [-0.2, -0.15) is 11.8 Å². The Hall–Kier alpha value is -2.01. The SMILES string of the molecule is Cc1cc(C)cc(NC(=O)c2ccnc(OC3CCSC3)c2)c1. The van der Waals surface area contributed by atoms with Crippen molar-refractivity contribution in [2.45, 2.75) is 26.4 Å². The highest BCUT2D eigenvalue weighted by molar-refractivity contribution is 7.99. The van der Waals surface area contributed by atoms with E-state index in [-0.39, 0.29) is 12.0 Å². The molecule has 1 amide bonds. The Balaban J connectivity index is 1.71. The molecule has 23 heavy (non-hydrogen) atoms. The molecule has 4 nitrogen and oxygen atoms in total. The highest BCUT2D eigenvalue weighted by Crippen LogP contribution is 2.22. The van der Waals surface area contributed by atoms with E-state index in [9.17, 15) is 4.79 Å². The molecule has 2 heterocycles. The number of benzene rings is 1. The molecule has 0 saturated carbocycles. The average molecular weight is 328 g/mol. The number of pyridine rings is 1. The number of ether oxygens (including phenoxy) is 1. The predicted molar refractivity (Wildman–Crippen MR) is 94.5 cm³/mol. The highest BCUT2D eigenvalue weighted by atomic mass is 32.2. The van der Waals surface area contributed by atoms with Crippen LogP contribution >= 0.6 is 11.8 Å². The third-order valence-corrected chi connectivity index (χ3v) is 4.78. The van der Waals surface area contributed by atoms with E-state index in [1.807, 2.05) is 37.7 Å². The van der Waals surface area contributed by atoms with Crippen molar-refractivity contribution in [2.75, 3.05) is 16.8 Å². The summed E-state index contributed by atoms with van der Waals surface area (Å²) in [6.07, 6.45) is 2.85. The number of hydrogen-bond acceptors (Lipinski definition) is 4. The Kier molecular flexibility index (Phi) is 4.86.